The third kappa shape index (κ3) is 4.37. The van der Waals surface area contributed by atoms with Crippen LogP contribution in [0.4, 0.5) is 30.7 Å². The van der Waals surface area contributed by atoms with Crippen molar-refractivity contribution in [2.45, 2.75) is 32.0 Å². The monoisotopic (exact) mass is 416 g/mol. The van der Waals surface area contributed by atoms with Gasteiger partial charge in [0.15, 0.2) is 11.7 Å². The first-order valence-corrected chi connectivity index (χ1v) is 8.68. The lowest BCUT2D eigenvalue weighted by Gasteiger charge is -2.25. The van der Waals surface area contributed by atoms with Gasteiger partial charge in [-0.25, -0.2) is 22.0 Å². The Morgan fingerprint density at radius 3 is 2.03 bits per heavy atom. The van der Waals surface area contributed by atoms with Gasteiger partial charge in [0, 0.05) is 6.42 Å². The lowest BCUT2D eigenvalue weighted by atomic mass is 10.0. The lowest BCUT2D eigenvalue weighted by molar-refractivity contribution is -0.267. The molecule has 29 heavy (non-hydrogen) atoms. The molecule has 0 bridgehead atoms. The van der Waals surface area contributed by atoms with Crippen LogP contribution in [0.25, 0.3) is 11.1 Å². The van der Waals surface area contributed by atoms with Crippen molar-refractivity contribution in [3.8, 4) is 11.1 Å². The topological polar surface area (TPSA) is 9.23 Å². The fraction of sp³-hybridized carbons (Fsp3) is 0.238. The predicted molar refractivity (Wildman–Crippen MR) is 93.0 cm³/mol. The molecule has 0 aromatic heterocycles. The Kier molecular flexibility index (Phi) is 5.84. The highest BCUT2D eigenvalue weighted by atomic mass is 19.3. The second-order valence-corrected chi connectivity index (χ2v) is 6.48. The lowest BCUT2D eigenvalue weighted by Crippen LogP contribution is -2.28. The van der Waals surface area contributed by atoms with Crippen LogP contribution in [-0.4, -0.2) is 6.10 Å². The van der Waals surface area contributed by atoms with Gasteiger partial charge in [0.25, 0.3) is 0 Å². The Labute approximate surface area is 162 Å². The van der Waals surface area contributed by atoms with Crippen molar-refractivity contribution in [2.75, 3.05) is 0 Å². The van der Waals surface area contributed by atoms with E-state index in [1.165, 1.54) is 0 Å². The van der Waals surface area contributed by atoms with Crippen molar-refractivity contribution in [3.63, 3.8) is 0 Å². The molecular weight excluding hydrogens is 401 g/mol. The third-order valence-corrected chi connectivity index (χ3v) is 4.49. The zero-order valence-electron chi connectivity index (χ0n) is 15.1. The van der Waals surface area contributed by atoms with Gasteiger partial charge in [0.1, 0.15) is 23.0 Å². The van der Waals surface area contributed by atoms with Crippen molar-refractivity contribution in [1.29, 1.82) is 0 Å². The summed E-state index contributed by atoms with van der Waals surface area (Å²) in [6, 6.07) is 8.10. The van der Waals surface area contributed by atoms with E-state index in [0.29, 0.717) is 17.7 Å². The molecule has 1 aliphatic carbocycles. The summed E-state index contributed by atoms with van der Waals surface area (Å²) in [6.45, 7) is 1.93. The number of ether oxygens (including phenoxy) is 1. The van der Waals surface area contributed by atoms with Crippen molar-refractivity contribution < 1.29 is 35.5 Å². The number of benzene rings is 2. The molecule has 8 heteroatoms. The van der Waals surface area contributed by atoms with Gasteiger partial charge in [-0.1, -0.05) is 31.2 Å². The molecule has 0 spiro atoms. The van der Waals surface area contributed by atoms with Crippen molar-refractivity contribution in [3.05, 3.63) is 82.7 Å². The van der Waals surface area contributed by atoms with Gasteiger partial charge >= 0.3 is 6.11 Å². The average molecular weight is 416 g/mol. The molecule has 2 aromatic rings. The number of allylic oxidation sites excluding steroid dienone is 2. The van der Waals surface area contributed by atoms with Gasteiger partial charge in [-0.05, 0) is 41.3 Å². The largest absolute Gasteiger partial charge is 0.389 e. The Bertz CT molecular complexity index is 954. The van der Waals surface area contributed by atoms with Crippen LogP contribution < -0.4 is 0 Å². The van der Waals surface area contributed by atoms with E-state index in [4.69, 9.17) is 0 Å². The van der Waals surface area contributed by atoms with Crippen LogP contribution in [0.15, 0.2) is 60.0 Å². The molecule has 3 rings (SSSR count). The molecule has 1 aliphatic rings. The standard InChI is InChI=1S/C21H15F7O/c1-2-11-3-5-12(6-4-11)13-7-15(22)19(16(23)8-13)21(27,28)29-14-9-17(24)20(26)18(25)10-14/h3-9,14H,2,10H2,1H3. The highest BCUT2D eigenvalue weighted by Gasteiger charge is 2.42. The fourth-order valence-electron chi connectivity index (χ4n) is 2.97. The first-order valence-electron chi connectivity index (χ1n) is 8.68. The number of alkyl halides is 2. The van der Waals surface area contributed by atoms with Crippen LogP contribution in [0.5, 0.6) is 0 Å². The van der Waals surface area contributed by atoms with Crippen molar-refractivity contribution in [1.82, 2.24) is 0 Å². The highest BCUT2D eigenvalue weighted by molar-refractivity contribution is 5.64. The van der Waals surface area contributed by atoms with E-state index < -0.39 is 53.3 Å². The Hall–Kier alpha value is -2.61. The molecule has 0 heterocycles. The van der Waals surface area contributed by atoms with Gasteiger partial charge in [0.2, 0.25) is 0 Å². The van der Waals surface area contributed by atoms with E-state index in [1.54, 1.807) is 24.3 Å². The summed E-state index contributed by atoms with van der Waals surface area (Å²) in [5, 5.41) is 0. The van der Waals surface area contributed by atoms with Gasteiger partial charge < -0.3 is 4.74 Å². The van der Waals surface area contributed by atoms with E-state index in [1.807, 2.05) is 6.92 Å². The summed E-state index contributed by atoms with van der Waals surface area (Å²) in [5.74, 6) is -8.35. The molecular formula is C21H15F7O. The molecule has 1 unspecified atom stereocenters. The minimum atomic E-state index is -4.55. The zero-order chi connectivity index (χ0) is 21.3. The Morgan fingerprint density at radius 1 is 0.931 bits per heavy atom. The van der Waals surface area contributed by atoms with Gasteiger partial charge in [-0.2, -0.15) is 8.78 Å². The minimum Gasteiger partial charge on any atom is -0.308 e. The molecule has 0 amide bonds. The molecule has 154 valence electrons. The third-order valence-electron chi connectivity index (χ3n) is 4.49. The van der Waals surface area contributed by atoms with Crippen LogP contribution in [0.1, 0.15) is 24.5 Å². The maximum absolute atomic E-state index is 14.4. The van der Waals surface area contributed by atoms with E-state index in [-0.39, 0.29) is 11.6 Å². The van der Waals surface area contributed by atoms with Crippen molar-refractivity contribution in [2.24, 2.45) is 0 Å². The number of aryl methyl sites for hydroxylation is 1. The van der Waals surface area contributed by atoms with Crippen LogP contribution >= 0.6 is 0 Å². The highest BCUT2D eigenvalue weighted by Crippen LogP contribution is 2.39. The Balaban J connectivity index is 1.89. The second kappa shape index (κ2) is 8.02. The molecule has 1 atom stereocenters. The molecule has 1 nitrogen and oxygen atoms in total. The molecule has 0 saturated carbocycles. The van der Waals surface area contributed by atoms with E-state index in [9.17, 15) is 30.7 Å². The molecule has 0 fully saturated rings. The maximum Gasteiger partial charge on any atom is 0.389 e. The number of hydrogen-bond acceptors (Lipinski definition) is 1. The smallest absolute Gasteiger partial charge is 0.308 e. The fourth-order valence-corrected chi connectivity index (χ4v) is 2.97. The van der Waals surface area contributed by atoms with Crippen LogP contribution in [0, 0.1) is 11.6 Å². The SMILES string of the molecule is CCc1ccc(-c2cc(F)c(C(F)(F)OC3C=C(F)C(F)=C(F)C3)c(F)c2)cc1. The van der Waals surface area contributed by atoms with E-state index in [2.05, 4.69) is 4.74 Å². The summed E-state index contributed by atoms with van der Waals surface area (Å²) in [6.07, 6.45) is -6.48. The zero-order valence-corrected chi connectivity index (χ0v) is 15.1. The normalized spacial score (nSPS) is 17.5. The molecule has 0 saturated heterocycles. The van der Waals surface area contributed by atoms with Crippen LogP contribution in [0.2, 0.25) is 0 Å². The summed E-state index contributed by atoms with van der Waals surface area (Å²) in [7, 11) is 0. The predicted octanol–water partition coefficient (Wildman–Crippen LogP) is 7.04. The molecule has 0 aliphatic heterocycles. The number of halogens is 7. The van der Waals surface area contributed by atoms with Crippen LogP contribution in [-0.2, 0) is 17.3 Å². The summed E-state index contributed by atoms with van der Waals surface area (Å²) in [4.78, 5) is 0. The van der Waals surface area contributed by atoms with E-state index in [0.717, 1.165) is 12.0 Å². The molecule has 2 aromatic carbocycles. The quantitative estimate of drug-likeness (QED) is 0.475. The maximum atomic E-state index is 14.4. The first-order chi connectivity index (χ1) is 13.6. The van der Waals surface area contributed by atoms with Gasteiger partial charge in [0.05, 0.1) is 6.10 Å². The summed E-state index contributed by atoms with van der Waals surface area (Å²) < 4.78 is 101. The molecule has 0 radical (unpaired) electrons. The summed E-state index contributed by atoms with van der Waals surface area (Å²) >= 11 is 0. The number of hydrogen-bond donors (Lipinski definition) is 0. The second-order valence-electron chi connectivity index (χ2n) is 6.48. The van der Waals surface area contributed by atoms with Gasteiger partial charge in [-0.3, -0.25) is 0 Å². The average Bonchev–Trinajstić information content (AvgIpc) is 2.65. The molecule has 0 N–H and O–H groups in total. The first kappa shape index (κ1) is 21.1. The number of rotatable bonds is 5. The van der Waals surface area contributed by atoms with Crippen LogP contribution in [0.3, 0.4) is 0 Å². The Morgan fingerprint density at radius 2 is 1.52 bits per heavy atom. The van der Waals surface area contributed by atoms with Crippen molar-refractivity contribution >= 4 is 0 Å². The van der Waals surface area contributed by atoms with E-state index >= 15 is 0 Å². The minimum absolute atomic E-state index is 0.0295. The van der Waals surface area contributed by atoms with Gasteiger partial charge in [-0.15, -0.1) is 0 Å². The summed E-state index contributed by atoms with van der Waals surface area (Å²) in [5.41, 5.74) is -0.273.